The fraction of sp³-hybridized carbons (Fsp3) is 1.00. The lowest BCUT2D eigenvalue weighted by molar-refractivity contribution is -0.906. The summed E-state index contributed by atoms with van der Waals surface area (Å²) in [6, 6.07) is 0. The molecule has 0 amide bonds. The first-order valence-corrected chi connectivity index (χ1v) is 8.62. The molecule has 116 valence electrons. The molecule has 0 saturated heterocycles. The monoisotopic (exact) mass is 272 g/mol. The summed E-state index contributed by atoms with van der Waals surface area (Å²) < 4.78 is 2.50. The second-order valence-electron chi connectivity index (χ2n) is 6.72. The van der Waals surface area contributed by atoms with Crippen LogP contribution in [0.2, 0.25) is 0 Å². The predicted octanol–water partition coefficient (Wildman–Crippen LogP) is 3.91. The van der Waals surface area contributed by atoms with Gasteiger partial charge in [-0.3, -0.25) is 0 Å². The molecule has 0 aromatic heterocycles. The maximum Gasteiger partial charge on any atom is 0.0784 e. The molecule has 0 aliphatic rings. The Bertz CT molecular complexity index is 183. The van der Waals surface area contributed by atoms with Crippen LogP contribution in [-0.4, -0.2) is 62.3 Å². The van der Waals surface area contributed by atoms with E-state index < -0.39 is 0 Å². The number of quaternary nitrogens is 2. The highest BCUT2D eigenvalue weighted by molar-refractivity contribution is 4.46. The maximum absolute atomic E-state index is 2.39. The molecule has 0 aromatic rings. The standard InChI is InChI=1S/C17H40N2/c1-7-18(5,8-2)16-14-12-11-13-15-17-19(6,9-3)10-4/h7-17H2,1-6H3/q+2. The highest BCUT2D eigenvalue weighted by Gasteiger charge is 2.16. The lowest BCUT2D eigenvalue weighted by Crippen LogP contribution is -2.44. The van der Waals surface area contributed by atoms with Crippen molar-refractivity contribution in [2.24, 2.45) is 0 Å². The van der Waals surface area contributed by atoms with E-state index in [1.807, 2.05) is 0 Å². The number of rotatable bonds is 12. The zero-order valence-electron chi connectivity index (χ0n) is 14.7. The number of hydrogen-bond acceptors (Lipinski definition) is 0. The highest BCUT2D eigenvalue weighted by Crippen LogP contribution is 2.11. The first-order chi connectivity index (χ1) is 8.95. The molecule has 0 heterocycles. The Kier molecular flexibility index (Phi) is 9.72. The van der Waals surface area contributed by atoms with Gasteiger partial charge in [0.1, 0.15) is 0 Å². The molecule has 0 N–H and O–H groups in total. The SMILES string of the molecule is CC[N+](C)(CC)CCCCCCC[N+](C)(CC)CC. The summed E-state index contributed by atoms with van der Waals surface area (Å²) in [5, 5.41) is 0. The minimum Gasteiger partial charge on any atom is -0.327 e. The minimum atomic E-state index is 1.25. The molecule has 0 bridgehead atoms. The van der Waals surface area contributed by atoms with Gasteiger partial charge >= 0.3 is 0 Å². The fourth-order valence-corrected chi connectivity index (χ4v) is 2.60. The van der Waals surface area contributed by atoms with Crippen molar-refractivity contribution in [2.45, 2.75) is 59.8 Å². The molecule has 0 rings (SSSR count). The molecule has 0 atom stereocenters. The van der Waals surface area contributed by atoms with Crippen molar-refractivity contribution in [3.05, 3.63) is 0 Å². The first-order valence-electron chi connectivity index (χ1n) is 8.62. The van der Waals surface area contributed by atoms with Crippen LogP contribution in [0.4, 0.5) is 0 Å². The number of nitrogens with zero attached hydrogens (tertiary/aromatic N) is 2. The van der Waals surface area contributed by atoms with Crippen molar-refractivity contribution >= 4 is 0 Å². The first kappa shape index (κ1) is 18.9. The van der Waals surface area contributed by atoms with Crippen molar-refractivity contribution in [2.75, 3.05) is 53.4 Å². The van der Waals surface area contributed by atoms with Crippen LogP contribution in [0.3, 0.4) is 0 Å². The smallest absolute Gasteiger partial charge is 0.0784 e. The van der Waals surface area contributed by atoms with Crippen LogP contribution in [0.1, 0.15) is 59.8 Å². The molecule has 2 nitrogen and oxygen atoms in total. The van der Waals surface area contributed by atoms with Crippen LogP contribution in [0.25, 0.3) is 0 Å². The van der Waals surface area contributed by atoms with Gasteiger partial charge in [-0.25, -0.2) is 0 Å². The van der Waals surface area contributed by atoms with Gasteiger partial charge < -0.3 is 8.97 Å². The maximum atomic E-state index is 2.39. The Morgan fingerprint density at radius 2 is 0.737 bits per heavy atom. The molecular weight excluding hydrogens is 232 g/mol. The van der Waals surface area contributed by atoms with Crippen molar-refractivity contribution in [1.29, 1.82) is 0 Å². The largest absolute Gasteiger partial charge is 0.327 e. The van der Waals surface area contributed by atoms with Crippen LogP contribution >= 0.6 is 0 Å². The summed E-state index contributed by atoms with van der Waals surface area (Å²) in [5.74, 6) is 0. The fourth-order valence-electron chi connectivity index (χ4n) is 2.60. The van der Waals surface area contributed by atoms with Crippen LogP contribution in [0.15, 0.2) is 0 Å². The Balaban J connectivity index is 3.56. The summed E-state index contributed by atoms with van der Waals surface area (Å²) >= 11 is 0. The Hall–Kier alpha value is -0.0800. The average Bonchev–Trinajstić information content (AvgIpc) is 2.45. The summed E-state index contributed by atoms with van der Waals surface area (Å²) in [6.07, 6.45) is 7.10. The molecule has 0 aromatic carbocycles. The van der Waals surface area contributed by atoms with Crippen LogP contribution < -0.4 is 0 Å². The third-order valence-electron chi connectivity index (χ3n) is 5.45. The second-order valence-corrected chi connectivity index (χ2v) is 6.72. The predicted molar refractivity (Wildman–Crippen MR) is 87.4 cm³/mol. The molecule has 0 aliphatic carbocycles. The van der Waals surface area contributed by atoms with E-state index in [2.05, 4.69) is 41.8 Å². The van der Waals surface area contributed by atoms with Crippen LogP contribution in [0.5, 0.6) is 0 Å². The van der Waals surface area contributed by atoms with E-state index in [-0.39, 0.29) is 0 Å². The van der Waals surface area contributed by atoms with Gasteiger partial charge in [0, 0.05) is 0 Å². The summed E-state index contributed by atoms with van der Waals surface area (Å²) in [4.78, 5) is 0. The van der Waals surface area contributed by atoms with Crippen molar-refractivity contribution < 1.29 is 8.97 Å². The molecule has 0 aliphatic heterocycles. The van der Waals surface area contributed by atoms with Gasteiger partial charge in [-0.05, 0) is 53.4 Å². The third kappa shape index (κ3) is 7.94. The molecule has 0 radical (unpaired) electrons. The van der Waals surface area contributed by atoms with E-state index >= 15 is 0 Å². The van der Waals surface area contributed by atoms with E-state index in [1.54, 1.807) is 0 Å². The van der Waals surface area contributed by atoms with Gasteiger partial charge in [0.05, 0.1) is 53.4 Å². The lowest BCUT2D eigenvalue weighted by atomic mass is 10.1. The van der Waals surface area contributed by atoms with Crippen LogP contribution in [-0.2, 0) is 0 Å². The third-order valence-corrected chi connectivity index (χ3v) is 5.45. The van der Waals surface area contributed by atoms with Gasteiger partial charge in [-0.15, -0.1) is 0 Å². The lowest BCUT2D eigenvalue weighted by Gasteiger charge is -2.32. The van der Waals surface area contributed by atoms with E-state index in [9.17, 15) is 0 Å². The molecular formula is C17H40N2+2. The zero-order chi connectivity index (χ0) is 14.8. The number of hydrogen-bond donors (Lipinski definition) is 0. The van der Waals surface area contributed by atoms with Crippen LogP contribution in [0, 0.1) is 0 Å². The van der Waals surface area contributed by atoms with Crippen molar-refractivity contribution in [3.8, 4) is 0 Å². The average molecular weight is 273 g/mol. The van der Waals surface area contributed by atoms with Gasteiger partial charge in [-0.1, -0.05) is 6.42 Å². The Morgan fingerprint density at radius 3 is 1.00 bits per heavy atom. The van der Waals surface area contributed by atoms with Gasteiger partial charge in [0.2, 0.25) is 0 Å². The zero-order valence-corrected chi connectivity index (χ0v) is 14.7. The summed E-state index contributed by atoms with van der Waals surface area (Å²) in [5.41, 5.74) is 0. The van der Waals surface area contributed by atoms with E-state index in [1.165, 1.54) is 80.3 Å². The van der Waals surface area contributed by atoms with E-state index in [4.69, 9.17) is 0 Å². The quantitative estimate of drug-likeness (QED) is 0.373. The molecule has 0 saturated carbocycles. The summed E-state index contributed by atoms with van der Waals surface area (Å²) in [7, 11) is 4.79. The van der Waals surface area contributed by atoms with Crippen molar-refractivity contribution in [1.82, 2.24) is 0 Å². The van der Waals surface area contributed by atoms with Gasteiger partial charge in [-0.2, -0.15) is 0 Å². The topological polar surface area (TPSA) is 0 Å². The molecule has 19 heavy (non-hydrogen) atoms. The Morgan fingerprint density at radius 1 is 0.474 bits per heavy atom. The Labute approximate surface area is 123 Å². The van der Waals surface area contributed by atoms with Gasteiger partial charge in [0.25, 0.3) is 0 Å². The molecule has 0 unspecified atom stereocenters. The number of unbranched alkanes of at least 4 members (excludes halogenated alkanes) is 4. The minimum absolute atomic E-state index is 1.25. The van der Waals surface area contributed by atoms with E-state index in [0.717, 1.165) is 0 Å². The highest BCUT2D eigenvalue weighted by atomic mass is 15.3. The second kappa shape index (κ2) is 9.77. The molecule has 0 fully saturated rings. The van der Waals surface area contributed by atoms with Gasteiger partial charge in [0.15, 0.2) is 0 Å². The van der Waals surface area contributed by atoms with E-state index in [0.29, 0.717) is 0 Å². The normalized spacial score (nSPS) is 12.9. The van der Waals surface area contributed by atoms with Crippen molar-refractivity contribution in [3.63, 3.8) is 0 Å². The molecule has 2 heteroatoms. The molecule has 0 spiro atoms. The summed E-state index contributed by atoms with van der Waals surface area (Å²) in [6.45, 7) is 17.1.